The molecule has 0 aliphatic rings. The Bertz CT molecular complexity index is 1530. The van der Waals surface area contributed by atoms with Crippen LogP contribution in [0.1, 0.15) is 355 Å². The van der Waals surface area contributed by atoms with Crippen LogP contribution in [0.4, 0.5) is 0 Å². The van der Waals surface area contributed by atoms with Gasteiger partial charge in [0.15, 0.2) is 6.10 Å². The van der Waals surface area contributed by atoms with Crippen molar-refractivity contribution in [3.8, 4) is 0 Å². The summed E-state index contributed by atoms with van der Waals surface area (Å²) in [6.07, 6.45) is 92.0. The van der Waals surface area contributed by atoms with Crippen molar-refractivity contribution in [2.45, 2.75) is 361 Å². The zero-order chi connectivity index (χ0) is 58.5. The van der Waals surface area contributed by atoms with E-state index in [0.717, 1.165) is 109 Å². The number of unbranched alkanes of at least 4 members (excludes halogenated alkanes) is 39. The average molecular weight is 1130 g/mol. The maximum Gasteiger partial charge on any atom is 0.306 e. The number of ether oxygens (including phenoxy) is 3. The Morgan fingerprint density at radius 1 is 0.259 bits per heavy atom. The molecule has 0 fully saturated rings. The summed E-state index contributed by atoms with van der Waals surface area (Å²) >= 11 is 0. The highest BCUT2D eigenvalue weighted by Crippen LogP contribution is 2.18. The van der Waals surface area contributed by atoms with Crippen LogP contribution >= 0.6 is 0 Å². The van der Waals surface area contributed by atoms with E-state index in [0.29, 0.717) is 19.3 Å². The first-order chi connectivity index (χ1) is 40.0. The average Bonchev–Trinajstić information content (AvgIpc) is 3.47. The van der Waals surface area contributed by atoms with Gasteiger partial charge < -0.3 is 14.2 Å². The maximum atomic E-state index is 12.9. The Labute approximate surface area is 503 Å². The molecule has 1 atom stereocenters. The Balaban J connectivity index is 4.14. The van der Waals surface area contributed by atoms with Gasteiger partial charge >= 0.3 is 17.9 Å². The molecule has 0 aliphatic heterocycles. The lowest BCUT2D eigenvalue weighted by Crippen LogP contribution is -2.30. The highest BCUT2D eigenvalue weighted by atomic mass is 16.6. The smallest absolute Gasteiger partial charge is 0.306 e. The van der Waals surface area contributed by atoms with Crippen LogP contribution < -0.4 is 0 Å². The van der Waals surface area contributed by atoms with Crippen LogP contribution in [0, 0.1) is 0 Å². The Morgan fingerprint density at radius 3 is 0.753 bits per heavy atom. The van der Waals surface area contributed by atoms with Crippen molar-refractivity contribution in [3.63, 3.8) is 0 Å². The summed E-state index contributed by atoms with van der Waals surface area (Å²) in [5.74, 6) is -0.874. The molecule has 0 radical (unpaired) electrons. The molecule has 0 aliphatic carbocycles. The van der Waals surface area contributed by atoms with E-state index in [1.807, 2.05) is 0 Å². The van der Waals surface area contributed by atoms with Gasteiger partial charge in [0.1, 0.15) is 13.2 Å². The number of esters is 3. The zero-order valence-corrected chi connectivity index (χ0v) is 53.8. The summed E-state index contributed by atoms with van der Waals surface area (Å²) in [6.45, 7) is 6.54. The summed E-state index contributed by atoms with van der Waals surface area (Å²) in [4.78, 5) is 38.2. The van der Waals surface area contributed by atoms with Crippen LogP contribution in [0.25, 0.3) is 0 Å². The van der Waals surface area contributed by atoms with E-state index in [1.54, 1.807) is 0 Å². The van der Waals surface area contributed by atoms with Gasteiger partial charge in [-0.25, -0.2) is 0 Å². The topological polar surface area (TPSA) is 78.9 Å². The van der Waals surface area contributed by atoms with Gasteiger partial charge in [-0.05, 0) is 77.0 Å². The molecule has 81 heavy (non-hydrogen) atoms. The number of rotatable bonds is 64. The Kier molecular flexibility index (Phi) is 66.2. The first-order valence-electron chi connectivity index (χ1n) is 35.1. The predicted molar refractivity (Wildman–Crippen MR) is 353 cm³/mol. The third-order valence-electron chi connectivity index (χ3n) is 15.4. The van der Waals surface area contributed by atoms with Crippen molar-refractivity contribution in [1.82, 2.24) is 0 Å². The van der Waals surface area contributed by atoms with Crippen LogP contribution in [0.15, 0.2) is 85.1 Å². The number of allylic oxidation sites excluding steroid dienone is 14. The number of carbonyl (C=O) groups is 3. The lowest BCUT2D eigenvalue weighted by molar-refractivity contribution is -0.167. The minimum absolute atomic E-state index is 0.0757. The molecule has 0 aromatic carbocycles. The maximum absolute atomic E-state index is 12.9. The molecule has 468 valence electrons. The monoisotopic (exact) mass is 1130 g/mol. The van der Waals surface area contributed by atoms with E-state index < -0.39 is 6.10 Å². The van der Waals surface area contributed by atoms with Crippen molar-refractivity contribution in [2.24, 2.45) is 0 Å². The Morgan fingerprint density at radius 2 is 0.481 bits per heavy atom. The summed E-state index contributed by atoms with van der Waals surface area (Å²) in [5.41, 5.74) is 0. The van der Waals surface area contributed by atoms with E-state index in [1.165, 1.54) is 205 Å². The van der Waals surface area contributed by atoms with Gasteiger partial charge in [-0.15, -0.1) is 0 Å². The van der Waals surface area contributed by atoms with Crippen molar-refractivity contribution in [2.75, 3.05) is 13.2 Å². The van der Waals surface area contributed by atoms with Gasteiger partial charge in [0.05, 0.1) is 0 Å². The largest absolute Gasteiger partial charge is 0.462 e. The standard InChI is InChI=1S/C75H132O6/c1-4-7-10-13-16-19-21-23-25-27-29-31-33-35-37-38-39-41-42-44-46-48-50-52-54-56-59-62-65-68-74(77)80-71-72(70-79-73(76)67-64-61-58-18-15-12-9-6-3)81-75(78)69-66-63-60-57-55-53-51-49-47-45-43-40-36-34-32-30-28-26-24-22-20-17-14-11-8-5-2/h7,10,16,19,23,25,29,31,35,37,39,41,44,46,72H,4-6,8-9,11-15,17-18,20-22,24,26-28,30,32-34,36,38,40,42-43,45,47-71H2,1-3H3/b10-7-,19-16-,25-23-,31-29-,37-35-,41-39-,46-44-. The van der Waals surface area contributed by atoms with Crippen LogP contribution in [0.5, 0.6) is 0 Å². The number of hydrogen-bond donors (Lipinski definition) is 0. The normalized spacial score (nSPS) is 12.6. The second-order valence-electron chi connectivity index (χ2n) is 23.4. The Hall–Kier alpha value is -3.41. The van der Waals surface area contributed by atoms with E-state index in [-0.39, 0.29) is 31.1 Å². The number of hydrogen-bond acceptors (Lipinski definition) is 6. The molecule has 0 saturated carbocycles. The van der Waals surface area contributed by atoms with Crippen molar-refractivity contribution < 1.29 is 28.6 Å². The third kappa shape index (κ3) is 67.3. The van der Waals surface area contributed by atoms with Crippen LogP contribution in [0.3, 0.4) is 0 Å². The summed E-state index contributed by atoms with van der Waals surface area (Å²) in [6, 6.07) is 0. The van der Waals surface area contributed by atoms with E-state index >= 15 is 0 Å². The molecule has 6 heteroatoms. The van der Waals surface area contributed by atoms with Crippen LogP contribution in [-0.2, 0) is 28.6 Å². The fourth-order valence-corrected chi connectivity index (χ4v) is 10.2. The minimum atomic E-state index is -0.778. The highest BCUT2D eigenvalue weighted by molar-refractivity contribution is 5.71. The quantitative estimate of drug-likeness (QED) is 0.0261. The van der Waals surface area contributed by atoms with Crippen LogP contribution in [-0.4, -0.2) is 37.2 Å². The second-order valence-corrected chi connectivity index (χ2v) is 23.4. The number of carbonyl (C=O) groups excluding carboxylic acids is 3. The molecule has 0 aromatic rings. The minimum Gasteiger partial charge on any atom is -0.462 e. The molecule has 6 nitrogen and oxygen atoms in total. The second kappa shape index (κ2) is 69.1. The van der Waals surface area contributed by atoms with E-state index in [2.05, 4.69) is 106 Å². The fourth-order valence-electron chi connectivity index (χ4n) is 10.2. The molecular formula is C75H132O6. The van der Waals surface area contributed by atoms with Gasteiger partial charge in [0.25, 0.3) is 0 Å². The molecule has 1 unspecified atom stereocenters. The molecule has 0 saturated heterocycles. The third-order valence-corrected chi connectivity index (χ3v) is 15.4. The predicted octanol–water partition coefficient (Wildman–Crippen LogP) is 24.2. The first kappa shape index (κ1) is 77.6. The zero-order valence-electron chi connectivity index (χ0n) is 53.8. The molecule has 0 rings (SSSR count). The molecule has 0 amide bonds. The molecule has 0 N–H and O–H groups in total. The summed E-state index contributed by atoms with van der Waals surface area (Å²) in [7, 11) is 0. The van der Waals surface area contributed by atoms with Crippen molar-refractivity contribution in [1.29, 1.82) is 0 Å². The lowest BCUT2D eigenvalue weighted by Gasteiger charge is -2.18. The van der Waals surface area contributed by atoms with Gasteiger partial charge in [-0.2, -0.15) is 0 Å². The van der Waals surface area contributed by atoms with Gasteiger partial charge in [0, 0.05) is 19.3 Å². The van der Waals surface area contributed by atoms with E-state index in [9.17, 15) is 14.4 Å². The summed E-state index contributed by atoms with van der Waals surface area (Å²) in [5, 5.41) is 0. The van der Waals surface area contributed by atoms with Crippen LogP contribution in [0.2, 0.25) is 0 Å². The van der Waals surface area contributed by atoms with Gasteiger partial charge in [-0.1, -0.05) is 343 Å². The molecule has 0 heterocycles. The lowest BCUT2D eigenvalue weighted by atomic mass is 10.0. The summed E-state index contributed by atoms with van der Waals surface area (Å²) < 4.78 is 16.9. The first-order valence-corrected chi connectivity index (χ1v) is 35.1. The molecular weight excluding hydrogens is 997 g/mol. The molecule has 0 aromatic heterocycles. The SMILES string of the molecule is CC/C=C\C/C=C\C/C=C\C/C=C\C/C=C\C/C=C\C/C=C\CCCCCCCCCC(=O)OCC(COC(=O)CCCCCCCCCC)OC(=O)CCCCCCCCCCCCCCCCCCCCCCCCCCCC. The highest BCUT2D eigenvalue weighted by Gasteiger charge is 2.19. The van der Waals surface area contributed by atoms with Crippen molar-refractivity contribution >= 4 is 17.9 Å². The van der Waals surface area contributed by atoms with Gasteiger partial charge in [0.2, 0.25) is 0 Å². The fraction of sp³-hybridized carbons (Fsp3) is 0.773. The van der Waals surface area contributed by atoms with Gasteiger partial charge in [-0.3, -0.25) is 14.4 Å². The molecule has 0 spiro atoms. The van der Waals surface area contributed by atoms with Crippen molar-refractivity contribution in [3.05, 3.63) is 85.1 Å². The molecule has 0 bridgehead atoms. The van der Waals surface area contributed by atoms with E-state index in [4.69, 9.17) is 14.2 Å².